The van der Waals surface area contributed by atoms with E-state index in [1.54, 1.807) is 0 Å². The number of nitrogens with zero attached hydrogens (tertiary/aromatic N) is 4. The predicted octanol–water partition coefficient (Wildman–Crippen LogP) is 5.85. The molecule has 3 aromatic carbocycles. The van der Waals surface area contributed by atoms with Crippen LogP contribution in [0.4, 0.5) is 5.69 Å². The number of ether oxygens (including phenoxy) is 2. The number of para-hydroxylation sites is 2. The molecule has 0 N–H and O–H groups in total. The molecule has 2 heterocycles. The van der Waals surface area contributed by atoms with E-state index in [2.05, 4.69) is 45.2 Å². The van der Waals surface area contributed by atoms with E-state index >= 15 is 0 Å². The fraction of sp³-hybridized carbons (Fsp3) is 0.353. The van der Waals surface area contributed by atoms with Gasteiger partial charge in [-0.25, -0.2) is 0 Å². The molecular formula is C34H38N4O3. The molecule has 2 aliphatic rings. The Hall–Kier alpha value is -4.10. The number of anilines is 1. The number of hydrogen-bond donors (Lipinski definition) is 0. The number of rotatable bonds is 9. The molecule has 7 heteroatoms. The second-order valence-electron chi connectivity index (χ2n) is 10.9. The Balaban J connectivity index is 1.16. The van der Waals surface area contributed by atoms with Crippen LogP contribution in [0, 0.1) is 0 Å². The van der Waals surface area contributed by atoms with Gasteiger partial charge in [-0.15, -0.1) is 0 Å². The van der Waals surface area contributed by atoms with Gasteiger partial charge in [0.2, 0.25) is 5.75 Å². The predicted molar refractivity (Wildman–Crippen MR) is 162 cm³/mol. The lowest BCUT2D eigenvalue weighted by molar-refractivity contribution is 0.152. The van der Waals surface area contributed by atoms with Gasteiger partial charge in [-0.1, -0.05) is 73.2 Å². The van der Waals surface area contributed by atoms with Crippen molar-refractivity contribution in [1.82, 2.24) is 14.7 Å². The molecule has 1 aliphatic heterocycles. The maximum atomic E-state index is 13.7. The van der Waals surface area contributed by atoms with Crippen LogP contribution in [0.25, 0.3) is 5.69 Å². The van der Waals surface area contributed by atoms with Gasteiger partial charge < -0.3 is 14.4 Å². The first kappa shape index (κ1) is 27.1. The highest BCUT2D eigenvalue weighted by atomic mass is 16.5. The Kier molecular flexibility index (Phi) is 8.62. The Morgan fingerprint density at radius 1 is 0.780 bits per heavy atom. The Labute approximate surface area is 241 Å². The van der Waals surface area contributed by atoms with Crippen molar-refractivity contribution in [2.24, 2.45) is 0 Å². The molecule has 212 valence electrons. The van der Waals surface area contributed by atoms with Crippen LogP contribution >= 0.6 is 0 Å². The van der Waals surface area contributed by atoms with Crippen LogP contribution in [0.3, 0.4) is 0 Å². The molecule has 1 aliphatic carbocycles. The Morgan fingerprint density at radius 2 is 1.46 bits per heavy atom. The first-order chi connectivity index (χ1) is 20.2. The van der Waals surface area contributed by atoms with Gasteiger partial charge >= 0.3 is 5.56 Å². The smallest absolute Gasteiger partial charge is 0.316 e. The molecule has 0 bridgehead atoms. The van der Waals surface area contributed by atoms with Crippen LogP contribution in [-0.2, 0) is 13.2 Å². The molecule has 4 aromatic rings. The molecule has 1 aromatic heterocycles. The molecule has 2 fully saturated rings. The van der Waals surface area contributed by atoms with Gasteiger partial charge in [-0.2, -0.15) is 9.78 Å². The minimum atomic E-state index is -0.189. The molecule has 1 saturated heterocycles. The van der Waals surface area contributed by atoms with Crippen LogP contribution in [0.2, 0.25) is 0 Å². The minimum absolute atomic E-state index is 0.0792. The summed E-state index contributed by atoms with van der Waals surface area (Å²) in [6, 6.07) is 28.1. The van der Waals surface area contributed by atoms with Crippen LogP contribution in [0.5, 0.6) is 11.5 Å². The monoisotopic (exact) mass is 550 g/mol. The van der Waals surface area contributed by atoms with Crippen molar-refractivity contribution in [3.05, 3.63) is 113 Å². The van der Waals surface area contributed by atoms with Crippen molar-refractivity contribution in [3.8, 4) is 17.2 Å². The number of aromatic nitrogens is 2. The third kappa shape index (κ3) is 6.63. The summed E-state index contributed by atoms with van der Waals surface area (Å²) in [7, 11) is 0. The van der Waals surface area contributed by atoms with E-state index in [1.807, 2.05) is 60.8 Å². The molecule has 0 radical (unpaired) electrons. The van der Waals surface area contributed by atoms with Gasteiger partial charge in [-0.05, 0) is 49.4 Å². The van der Waals surface area contributed by atoms with E-state index in [-0.39, 0.29) is 11.7 Å². The van der Waals surface area contributed by atoms with E-state index in [4.69, 9.17) is 9.47 Å². The molecular weight excluding hydrogens is 512 g/mol. The van der Waals surface area contributed by atoms with E-state index < -0.39 is 0 Å². The molecule has 41 heavy (non-hydrogen) atoms. The summed E-state index contributed by atoms with van der Waals surface area (Å²) in [5.74, 6) is 1.36. The van der Waals surface area contributed by atoms with Crippen molar-refractivity contribution in [2.45, 2.75) is 51.4 Å². The van der Waals surface area contributed by atoms with E-state index in [0.29, 0.717) is 12.4 Å². The average molecular weight is 551 g/mol. The van der Waals surface area contributed by atoms with Crippen molar-refractivity contribution >= 4 is 5.69 Å². The lowest BCUT2D eigenvalue weighted by atomic mass is 9.98. The van der Waals surface area contributed by atoms with E-state index in [0.717, 1.165) is 81.1 Å². The summed E-state index contributed by atoms with van der Waals surface area (Å²) >= 11 is 0. The topological polar surface area (TPSA) is 59.8 Å². The third-order valence-electron chi connectivity index (χ3n) is 8.07. The second-order valence-corrected chi connectivity index (χ2v) is 10.9. The largest absolute Gasteiger partial charge is 0.489 e. The van der Waals surface area contributed by atoms with Gasteiger partial charge in [0.15, 0.2) is 0 Å². The highest BCUT2D eigenvalue weighted by molar-refractivity contribution is 5.57. The molecule has 0 amide bonds. The highest BCUT2D eigenvalue weighted by Gasteiger charge is 2.26. The molecule has 7 nitrogen and oxygen atoms in total. The lowest BCUT2D eigenvalue weighted by Crippen LogP contribution is -2.46. The normalized spacial score (nSPS) is 16.4. The molecule has 6 rings (SSSR count). The van der Waals surface area contributed by atoms with Crippen molar-refractivity contribution < 1.29 is 9.47 Å². The standard InChI is InChI=1S/C34H38N4O3/c39-34-33(41-30-17-8-3-9-18-30)31(24-35-38(34)29-15-6-2-7-16-29)37-22-20-36(21-23-37)25-28-14-10-11-19-32(28)40-26-27-12-4-1-5-13-27/h1-2,4-7,10-16,19,24,30H,3,8-9,17-18,20-23,25-26H2. The lowest BCUT2D eigenvalue weighted by Gasteiger charge is -2.37. The molecule has 1 saturated carbocycles. The van der Waals surface area contributed by atoms with Crippen molar-refractivity contribution in [3.63, 3.8) is 0 Å². The molecule has 0 atom stereocenters. The Morgan fingerprint density at radius 3 is 2.22 bits per heavy atom. The number of hydrogen-bond acceptors (Lipinski definition) is 6. The minimum Gasteiger partial charge on any atom is -0.489 e. The van der Waals surface area contributed by atoms with Crippen LogP contribution in [-0.4, -0.2) is 47.0 Å². The summed E-state index contributed by atoms with van der Waals surface area (Å²) < 4.78 is 14.2. The summed E-state index contributed by atoms with van der Waals surface area (Å²) in [4.78, 5) is 18.4. The van der Waals surface area contributed by atoms with Gasteiger partial charge in [-0.3, -0.25) is 9.69 Å². The highest BCUT2D eigenvalue weighted by Crippen LogP contribution is 2.30. The second kappa shape index (κ2) is 13.0. The summed E-state index contributed by atoms with van der Waals surface area (Å²) in [5.41, 5.74) is 3.70. The average Bonchev–Trinajstić information content (AvgIpc) is 3.03. The van der Waals surface area contributed by atoms with Crippen molar-refractivity contribution in [2.75, 3.05) is 31.1 Å². The van der Waals surface area contributed by atoms with Gasteiger partial charge in [0.25, 0.3) is 0 Å². The number of piperazine rings is 1. The summed E-state index contributed by atoms with van der Waals surface area (Å²) in [6.45, 7) is 4.71. The molecule has 0 unspecified atom stereocenters. The van der Waals surface area contributed by atoms with Crippen LogP contribution < -0.4 is 19.9 Å². The van der Waals surface area contributed by atoms with Gasteiger partial charge in [0, 0.05) is 38.3 Å². The van der Waals surface area contributed by atoms with Crippen LogP contribution in [0.1, 0.15) is 43.2 Å². The zero-order valence-corrected chi connectivity index (χ0v) is 23.5. The maximum Gasteiger partial charge on any atom is 0.316 e. The van der Waals surface area contributed by atoms with E-state index in [1.165, 1.54) is 16.7 Å². The van der Waals surface area contributed by atoms with Crippen molar-refractivity contribution in [1.29, 1.82) is 0 Å². The number of benzene rings is 3. The maximum absolute atomic E-state index is 13.7. The van der Waals surface area contributed by atoms with Gasteiger partial charge in [0.05, 0.1) is 18.0 Å². The third-order valence-corrected chi connectivity index (χ3v) is 8.07. The van der Waals surface area contributed by atoms with E-state index in [9.17, 15) is 4.79 Å². The zero-order chi connectivity index (χ0) is 27.9. The first-order valence-electron chi connectivity index (χ1n) is 14.8. The fourth-order valence-corrected chi connectivity index (χ4v) is 5.77. The first-order valence-corrected chi connectivity index (χ1v) is 14.8. The Bertz CT molecular complexity index is 1460. The quantitative estimate of drug-likeness (QED) is 0.261. The summed E-state index contributed by atoms with van der Waals surface area (Å²) in [5, 5.41) is 4.57. The fourth-order valence-electron chi connectivity index (χ4n) is 5.77. The SMILES string of the molecule is O=c1c(OC2CCCCC2)c(N2CCN(Cc3ccccc3OCc3ccccc3)CC2)cnn1-c1ccccc1. The summed E-state index contributed by atoms with van der Waals surface area (Å²) in [6.07, 6.45) is 7.41. The van der Waals surface area contributed by atoms with Crippen LogP contribution in [0.15, 0.2) is 95.9 Å². The zero-order valence-electron chi connectivity index (χ0n) is 23.5. The molecule has 0 spiro atoms. The van der Waals surface area contributed by atoms with Gasteiger partial charge in [0.1, 0.15) is 18.0 Å².